The molecule has 5 aromatic carbocycles. The van der Waals surface area contributed by atoms with E-state index in [-0.39, 0.29) is 29.8 Å². The zero-order chi connectivity index (χ0) is 37.9. The lowest BCUT2D eigenvalue weighted by Gasteiger charge is -2.33. The van der Waals surface area contributed by atoms with Crippen molar-refractivity contribution < 1.29 is 0 Å². The molecule has 278 valence electrons. The van der Waals surface area contributed by atoms with Crippen LogP contribution >= 0.6 is 0 Å². The van der Waals surface area contributed by atoms with E-state index >= 15 is 0 Å². The Hall–Kier alpha value is -5.96. The van der Waals surface area contributed by atoms with Crippen LogP contribution in [0.25, 0.3) is 39.3 Å². The molecule has 0 saturated carbocycles. The van der Waals surface area contributed by atoms with E-state index in [4.69, 9.17) is 5.73 Å². The highest BCUT2D eigenvalue weighted by Crippen LogP contribution is 2.54. The molecule has 2 heteroatoms. The number of nitrogens with two attached hydrogens (primary N) is 1. The quantitative estimate of drug-likeness (QED) is 0.133. The van der Waals surface area contributed by atoms with E-state index in [9.17, 15) is 0 Å². The van der Waals surface area contributed by atoms with Crippen molar-refractivity contribution in [1.29, 1.82) is 0 Å². The number of anilines is 1. The van der Waals surface area contributed by atoms with Crippen LogP contribution in [0.1, 0.15) is 53.4 Å². The fourth-order valence-corrected chi connectivity index (χ4v) is 10.8. The van der Waals surface area contributed by atoms with Gasteiger partial charge in [0.2, 0.25) is 0 Å². The number of hydrogen-bond donors (Lipinski definition) is 1. The minimum absolute atomic E-state index is 0.0174. The van der Waals surface area contributed by atoms with Crippen molar-refractivity contribution in [1.82, 2.24) is 0 Å². The van der Waals surface area contributed by atoms with Gasteiger partial charge in [0.25, 0.3) is 0 Å². The predicted octanol–water partition coefficient (Wildman–Crippen LogP) is 10.9. The molecule has 0 spiro atoms. The molecular weight excluding hydrogens is 689 g/mol. The predicted molar refractivity (Wildman–Crippen MR) is 241 cm³/mol. The van der Waals surface area contributed by atoms with Crippen LogP contribution in [0.2, 0.25) is 0 Å². The molecule has 2 N–H and O–H groups in total. The van der Waals surface area contributed by atoms with Gasteiger partial charge in [-0.05, 0) is 92.1 Å². The number of benzene rings is 5. The normalized spacial score (nSPS) is 24.9. The van der Waals surface area contributed by atoms with Crippen LogP contribution in [0.15, 0.2) is 182 Å². The first-order valence-electron chi connectivity index (χ1n) is 21.1. The standard InChI is InChI=1S/C55H48N2/c56-51(35-39(36-14-2-1-3-15-36)26-27-41-34-40-17-5-6-18-43(40)46-21-9-8-19-44(41)46)38-28-31-42(32-29-38)57-52-25-13-12-24-50(52)54-53-45-20-7-4-16-37(45)30-33-48(53)47-22-10-11-23-49(47)55(54)57/h1-3,5-15,17-28,30-34,38-39,41,44,50-52H,4,16,29,35,56H2/b27-26+. The van der Waals surface area contributed by atoms with Crippen molar-refractivity contribution >= 4 is 45.0 Å². The van der Waals surface area contributed by atoms with Crippen LogP contribution in [0, 0.1) is 17.8 Å². The summed E-state index contributed by atoms with van der Waals surface area (Å²) in [7, 11) is 0. The van der Waals surface area contributed by atoms with Gasteiger partial charge in [-0.2, -0.15) is 0 Å². The van der Waals surface area contributed by atoms with Gasteiger partial charge in [0, 0.05) is 40.8 Å². The zero-order valence-corrected chi connectivity index (χ0v) is 32.3. The van der Waals surface area contributed by atoms with Crippen molar-refractivity contribution in [2.45, 2.75) is 49.6 Å². The van der Waals surface area contributed by atoms with Gasteiger partial charge in [-0.1, -0.05) is 182 Å². The highest BCUT2D eigenvalue weighted by Gasteiger charge is 2.41. The maximum Gasteiger partial charge on any atom is 0.0629 e. The first-order valence-corrected chi connectivity index (χ1v) is 21.1. The van der Waals surface area contributed by atoms with Gasteiger partial charge in [0.1, 0.15) is 0 Å². The Kier molecular flexibility index (Phi) is 8.55. The molecule has 0 aromatic heterocycles. The molecule has 0 radical (unpaired) electrons. The van der Waals surface area contributed by atoms with Crippen LogP contribution in [0.3, 0.4) is 0 Å². The first kappa shape index (κ1) is 34.3. The van der Waals surface area contributed by atoms with Crippen LogP contribution in [0.4, 0.5) is 5.69 Å². The average molecular weight is 737 g/mol. The maximum absolute atomic E-state index is 7.26. The molecule has 5 aliphatic carbocycles. The molecule has 7 unspecified atom stereocenters. The molecular formula is C55H48N2. The highest BCUT2D eigenvalue weighted by molar-refractivity contribution is 6.19. The van der Waals surface area contributed by atoms with Gasteiger partial charge in [-0.3, -0.25) is 0 Å². The van der Waals surface area contributed by atoms with E-state index in [1.165, 1.54) is 71.2 Å². The van der Waals surface area contributed by atoms with Crippen LogP contribution in [-0.4, -0.2) is 12.1 Å². The van der Waals surface area contributed by atoms with E-state index in [1.54, 1.807) is 0 Å². The lowest BCUT2D eigenvalue weighted by molar-refractivity contribution is 0.454. The molecule has 2 nitrogen and oxygen atoms in total. The SMILES string of the molecule is NC(CC(/C=C/C1C=c2ccccc2=C2C=CC=CC21)c1ccccc1)C1C=CC(N2c3c(c4c5c(ccc4c4ccccc34)CCC=C5)C3C=CC=CC32)=CC1. The molecule has 0 saturated heterocycles. The maximum atomic E-state index is 7.26. The van der Waals surface area contributed by atoms with Crippen molar-refractivity contribution in [3.8, 4) is 0 Å². The Morgan fingerprint density at radius 1 is 0.737 bits per heavy atom. The third-order valence-electron chi connectivity index (χ3n) is 13.6. The second-order valence-corrected chi connectivity index (χ2v) is 16.7. The topological polar surface area (TPSA) is 29.3 Å². The van der Waals surface area contributed by atoms with Gasteiger partial charge in [0.15, 0.2) is 0 Å². The van der Waals surface area contributed by atoms with Crippen molar-refractivity contribution in [2.24, 2.45) is 23.5 Å². The van der Waals surface area contributed by atoms with Gasteiger partial charge < -0.3 is 10.6 Å². The smallest absolute Gasteiger partial charge is 0.0629 e. The number of fused-ring (bicyclic) bond motifs is 12. The van der Waals surface area contributed by atoms with Crippen molar-refractivity contribution in [3.63, 3.8) is 0 Å². The van der Waals surface area contributed by atoms with E-state index in [1.807, 2.05) is 0 Å². The monoisotopic (exact) mass is 736 g/mol. The summed E-state index contributed by atoms with van der Waals surface area (Å²) in [6.07, 6.45) is 41.8. The minimum atomic E-state index is 0.0174. The van der Waals surface area contributed by atoms with E-state index < -0.39 is 0 Å². The van der Waals surface area contributed by atoms with E-state index in [2.05, 4.69) is 193 Å². The lowest BCUT2D eigenvalue weighted by Crippen LogP contribution is -2.35. The molecule has 0 bridgehead atoms. The van der Waals surface area contributed by atoms with Crippen LogP contribution < -0.4 is 21.1 Å². The Morgan fingerprint density at radius 3 is 2.44 bits per heavy atom. The molecule has 11 rings (SSSR count). The summed E-state index contributed by atoms with van der Waals surface area (Å²) in [6, 6.07) is 33.9. The third-order valence-corrected chi connectivity index (χ3v) is 13.6. The van der Waals surface area contributed by atoms with E-state index in [0.717, 1.165) is 25.7 Å². The Morgan fingerprint density at radius 2 is 1.54 bits per heavy atom. The number of aryl methyl sites for hydroxylation is 1. The van der Waals surface area contributed by atoms with Crippen molar-refractivity contribution in [2.75, 3.05) is 4.90 Å². The van der Waals surface area contributed by atoms with Gasteiger partial charge in [0.05, 0.1) is 11.7 Å². The summed E-state index contributed by atoms with van der Waals surface area (Å²) in [5.74, 6) is 1.41. The second-order valence-electron chi connectivity index (χ2n) is 16.7. The third kappa shape index (κ3) is 5.81. The Bertz CT molecular complexity index is 2800. The molecule has 1 heterocycles. The molecule has 6 aliphatic rings. The molecule has 57 heavy (non-hydrogen) atoms. The molecule has 1 aliphatic heterocycles. The number of hydrogen-bond acceptors (Lipinski definition) is 2. The molecule has 0 fully saturated rings. The number of nitrogens with zero attached hydrogens (tertiary/aromatic N) is 1. The van der Waals surface area contributed by atoms with Crippen LogP contribution in [-0.2, 0) is 6.42 Å². The van der Waals surface area contributed by atoms with Gasteiger partial charge >= 0.3 is 0 Å². The molecule has 0 amide bonds. The van der Waals surface area contributed by atoms with Crippen molar-refractivity contribution in [3.05, 3.63) is 214 Å². The summed E-state index contributed by atoms with van der Waals surface area (Å²) in [6.45, 7) is 0. The minimum Gasteiger partial charge on any atom is -0.333 e. The Labute approximate surface area is 336 Å². The second kappa shape index (κ2) is 14.2. The van der Waals surface area contributed by atoms with Gasteiger partial charge in [-0.15, -0.1) is 0 Å². The zero-order valence-electron chi connectivity index (χ0n) is 32.3. The summed E-state index contributed by atoms with van der Waals surface area (Å²) in [5, 5.41) is 8.17. The summed E-state index contributed by atoms with van der Waals surface area (Å²) >= 11 is 0. The first-order chi connectivity index (χ1) is 28.2. The summed E-state index contributed by atoms with van der Waals surface area (Å²) < 4.78 is 0. The molecule has 7 atom stereocenters. The fourth-order valence-electron chi connectivity index (χ4n) is 10.8. The molecule has 5 aromatic rings. The van der Waals surface area contributed by atoms with Crippen LogP contribution in [0.5, 0.6) is 0 Å². The number of rotatable bonds is 7. The van der Waals surface area contributed by atoms with Gasteiger partial charge in [-0.25, -0.2) is 0 Å². The Balaban J connectivity index is 0.910. The number of allylic oxidation sites excluding steroid dienone is 11. The lowest BCUT2D eigenvalue weighted by atomic mass is 9.77. The summed E-state index contributed by atoms with van der Waals surface area (Å²) in [5.41, 5.74) is 17.0. The fraction of sp³-hybridized carbons (Fsp3) is 0.200. The van der Waals surface area contributed by atoms with E-state index in [0.29, 0.717) is 11.8 Å². The highest BCUT2D eigenvalue weighted by atomic mass is 15.2. The summed E-state index contributed by atoms with van der Waals surface area (Å²) in [4.78, 5) is 2.65. The largest absolute Gasteiger partial charge is 0.333 e. The average Bonchev–Trinajstić information content (AvgIpc) is 3.63.